The lowest BCUT2D eigenvalue weighted by Gasteiger charge is -2.24. The third kappa shape index (κ3) is 2.27. The number of aromatic nitrogens is 2. The monoisotopic (exact) mass is 309 g/mol. The second-order valence-corrected chi connectivity index (χ2v) is 6.33. The summed E-state index contributed by atoms with van der Waals surface area (Å²) in [4.78, 5) is 11.5. The van der Waals surface area contributed by atoms with Gasteiger partial charge in [-0.1, -0.05) is 0 Å². The molecule has 0 aliphatic carbocycles. The molecule has 0 radical (unpaired) electrons. The average Bonchev–Trinajstić information content (AvgIpc) is 3.03. The van der Waals surface area contributed by atoms with E-state index < -0.39 is 0 Å². The van der Waals surface area contributed by atoms with Gasteiger partial charge < -0.3 is 4.90 Å². The molecular formula is C18H23N5. The van der Waals surface area contributed by atoms with Crippen molar-refractivity contribution in [2.75, 3.05) is 19.0 Å². The first-order chi connectivity index (χ1) is 10.8. The summed E-state index contributed by atoms with van der Waals surface area (Å²) in [6.07, 6.45) is 3.61. The molecule has 5 heteroatoms. The number of fused-ring (bicyclic) bond motifs is 1. The van der Waals surface area contributed by atoms with E-state index in [0.717, 1.165) is 22.9 Å². The van der Waals surface area contributed by atoms with Gasteiger partial charge in [-0.05, 0) is 56.9 Å². The van der Waals surface area contributed by atoms with Gasteiger partial charge in [0.15, 0.2) is 5.82 Å². The maximum absolute atomic E-state index is 4.96. The van der Waals surface area contributed by atoms with Crippen molar-refractivity contribution in [1.82, 2.24) is 9.66 Å². The van der Waals surface area contributed by atoms with Crippen molar-refractivity contribution in [3.8, 4) is 0 Å². The molecule has 0 saturated heterocycles. The van der Waals surface area contributed by atoms with Crippen molar-refractivity contribution in [2.45, 2.75) is 34.6 Å². The number of rotatable bonds is 2. The van der Waals surface area contributed by atoms with E-state index in [2.05, 4.69) is 56.8 Å². The molecule has 2 aromatic rings. The van der Waals surface area contributed by atoms with Gasteiger partial charge in [0, 0.05) is 32.2 Å². The Bertz CT molecular complexity index is 824. The summed E-state index contributed by atoms with van der Waals surface area (Å²) in [5.41, 5.74) is 9.04. The van der Waals surface area contributed by atoms with Gasteiger partial charge in [-0.2, -0.15) is 5.10 Å². The molecule has 0 unspecified atom stereocenters. The molecule has 120 valence electrons. The van der Waals surface area contributed by atoms with Crippen LogP contribution in [0.5, 0.6) is 0 Å². The molecule has 3 rings (SSSR count). The number of benzene rings is 1. The Kier molecular flexibility index (Phi) is 3.59. The second kappa shape index (κ2) is 5.33. The maximum atomic E-state index is 4.96. The van der Waals surface area contributed by atoms with Crippen LogP contribution in [0.3, 0.4) is 0 Å². The van der Waals surface area contributed by atoms with Gasteiger partial charge in [0.25, 0.3) is 0 Å². The largest absolute Gasteiger partial charge is 0.377 e. The summed E-state index contributed by atoms with van der Waals surface area (Å²) in [5.74, 6) is 0.813. The fraction of sp³-hybridized carbons (Fsp3) is 0.389. The molecule has 0 amide bonds. The molecule has 23 heavy (non-hydrogen) atoms. The molecular weight excluding hydrogens is 286 g/mol. The molecule has 0 bridgehead atoms. The molecule has 1 aromatic carbocycles. The molecule has 1 aromatic heterocycles. The predicted octanol–water partition coefficient (Wildman–Crippen LogP) is 3.54. The average molecular weight is 309 g/mol. The van der Waals surface area contributed by atoms with Crippen LogP contribution in [-0.4, -0.2) is 35.2 Å². The number of aliphatic imine (C=N–C) groups is 1. The van der Waals surface area contributed by atoms with Gasteiger partial charge in [0.05, 0.1) is 11.4 Å². The highest BCUT2D eigenvalue weighted by Gasteiger charge is 2.23. The molecule has 0 fully saturated rings. The van der Waals surface area contributed by atoms with E-state index >= 15 is 0 Å². The van der Waals surface area contributed by atoms with Gasteiger partial charge in [-0.25, -0.2) is 14.7 Å². The van der Waals surface area contributed by atoms with E-state index in [4.69, 9.17) is 4.99 Å². The van der Waals surface area contributed by atoms with Crippen molar-refractivity contribution in [2.24, 2.45) is 10.1 Å². The number of anilines is 1. The van der Waals surface area contributed by atoms with Crippen LogP contribution in [0.2, 0.25) is 0 Å². The quantitative estimate of drug-likeness (QED) is 0.851. The number of hydrogen-bond acceptors (Lipinski definition) is 4. The molecule has 0 saturated carbocycles. The van der Waals surface area contributed by atoms with Gasteiger partial charge >= 0.3 is 0 Å². The first-order valence-electron chi connectivity index (χ1n) is 7.79. The zero-order valence-corrected chi connectivity index (χ0v) is 14.9. The Balaban J connectivity index is 2.24. The van der Waals surface area contributed by atoms with Crippen LogP contribution in [-0.2, 0) is 0 Å². The number of imidazole rings is 1. The summed E-state index contributed by atoms with van der Waals surface area (Å²) in [6.45, 7) is 10.6. The summed E-state index contributed by atoms with van der Waals surface area (Å²) in [7, 11) is 4.18. The number of hydrogen-bond donors (Lipinski definition) is 0. The lowest BCUT2D eigenvalue weighted by Crippen LogP contribution is -2.14. The van der Waals surface area contributed by atoms with Gasteiger partial charge in [-0.3, -0.25) is 0 Å². The van der Waals surface area contributed by atoms with E-state index in [1.807, 2.05) is 13.1 Å². The van der Waals surface area contributed by atoms with Gasteiger partial charge in [0.1, 0.15) is 5.71 Å². The minimum atomic E-state index is 0.813. The fourth-order valence-corrected chi connectivity index (χ4v) is 3.27. The second-order valence-electron chi connectivity index (χ2n) is 6.33. The fourth-order valence-electron chi connectivity index (χ4n) is 3.27. The van der Waals surface area contributed by atoms with Crippen LogP contribution in [0, 0.1) is 27.7 Å². The minimum Gasteiger partial charge on any atom is -0.377 e. The Hall–Kier alpha value is -2.43. The lowest BCUT2D eigenvalue weighted by molar-refractivity contribution is 0.883. The Morgan fingerprint density at radius 3 is 2.13 bits per heavy atom. The van der Waals surface area contributed by atoms with Crippen LogP contribution in [0.25, 0.3) is 0 Å². The summed E-state index contributed by atoms with van der Waals surface area (Å²) in [6, 6.07) is 0. The molecule has 0 spiro atoms. The Labute approximate surface area is 137 Å². The zero-order valence-electron chi connectivity index (χ0n) is 14.9. The van der Waals surface area contributed by atoms with Gasteiger partial charge in [-0.15, -0.1) is 0 Å². The summed E-state index contributed by atoms with van der Waals surface area (Å²) >= 11 is 0. The molecule has 0 atom stereocenters. The zero-order chi connectivity index (χ0) is 16.9. The Morgan fingerprint density at radius 1 is 0.957 bits per heavy atom. The van der Waals surface area contributed by atoms with Crippen LogP contribution < -0.4 is 4.90 Å². The van der Waals surface area contributed by atoms with Crippen LogP contribution >= 0.6 is 0 Å². The first-order valence-corrected chi connectivity index (χ1v) is 7.79. The molecule has 1 aliphatic rings. The van der Waals surface area contributed by atoms with Crippen LogP contribution in [0.1, 0.15) is 35.0 Å². The van der Waals surface area contributed by atoms with E-state index in [1.165, 1.54) is 27.9 Å². The van der Waals surface area contributed by atoms with E-state index in [0.29, 0.717) is 0 Å². The molecule has 0 N–H and O–H groups in total. The maximum Gasteiger partial charge on any atom is 0.181 e. The molecule has 2 heterocycles. The Morgan fingerprint density at radius 2 is 1.57 bits per heavy atom. The van der Waals surface area contributed by atoms with E-state index in [9.17, 15) is 0 Å². The standard InChI is InChI=1S/C18H23N5/c1-10-12(3)17(22(6)7)13(4)11(2)15(10)20-16-14(5)21-23-9-8-19-18(16)23/h8-9H,1-7H3/b20-16-. The highest BCUT2D eigenvalue weighted by Crippen LogP contribution is 2.37. The van der Waals surface area contributed by atoms with E-state index in [-0.39, 0.29) is 0 Å². The normalized spacial score (nSPS) is 15.1. The molecule has 1 aliphatic heterocycles. The topological polar surface area (TPSA) is 45.8 Å². The van der Waals surface area contributed by atoms with Crippen molar-refractivity contribution in [1.29, 1.82) is 0 Å². The number of nitrogens with zero attached hydrogens (tertiary/aromatic N) is 5. The van der Waals surface area contributed by atoms with Gasteiger partial charge in [0.2, 0.25) is 0 Å². The molecule has 5 nitrogen and oxygen atoms in total. The van der Waals surface area contributed by atoms with Crippen LogP contribution in [0.15, 0.2) is 22.5 Å². The van der Waals surface area contributed by atoms with Crippen LogP contribution in [0.4, 0.5) is 11.4 Å². The first kappa shape index (κ1) is 15.5. The predicted molar refractivity (Wildman–Crippen MR) is 96.6 cm³/mol. The van der Waals surface area contributed by atoms with Crippen molar-refractivity contribution >= 4 is 22.8 Å². The smallest absolute Gasteiger partial charge is 0.181 e. The summed E-state index contributed by atoms with van der Waals surface area (Å²) < 4.78 is 1.78. The summed E-state index contributed by atoms with van der Waals surface area (Å²) in [5, 5.41) is 4.47. The third-order valence-corrected chi connectivity index (χ3v) is 4.65. The SMILES string of the molecule is CC1=Nn2ccnc2/C1=N\c1c(C)c(C)c(N(C)C)c(C)c1C. The third-order valence-electron chi connectivity index (χ3n) is 4.65. The highest BCUT2D eigenvalue weighted by molar-refractivity contribution is 6.48. The van der Waals surface area contributed by atoms with E-state index in [1.54, 1.807) is 10.9 Å². The lowest BCUT2D eigenvalue weighted by atomic mass is 9.95. The minimum absolute atomic E-state index is 0.813. The van der Waals surface area contributed by atoms with Crippen molar-refractivity contribution < 1.29 is 0 Å². The van der Waals surface area contributed by atoms with Crippen molar-refractivity contribution in [3.63, 3.8) is 0 Å². The highest BCUT2D eigenvalue weighted by atomic mass is 15.4. The van der Waals surface area contributed by atoms with Crippen molar-refractivity contribution in [3.05, 3.63) is 40.5 Å².